The molecule has 0 bridgehead atoms. The first-order valence-corrected chi connectivity index (χ1v) is 8.51. The topological polar surface area (TPSA) is 29.9 Å². The second-order valence-corrected chi connectivity index (χ2v) is 6.35. The smallest absolute Gasteiger partial charge is 0.0537 e. The van der Waals surface area contributed by atoms with Crippen molar-refractivity contribution in [3.63, 3.8) is 0 Å². The maximum absolute atomic E-state index is 4.55. The molecule has 20 heavy (non-hydrogen) atoms. The normalized spacial score (nSPS) is 19.4. The molecule has 1 aliphatic rings. The molecule has 1 aromatic rings. The van der Waals surface area contributed by atoms with Gasteiger partial charge >= 0.3 is 0 Å². The first kappa shape index (κ1) is 15.6. The van der Waals surface area contributed by atoms with Crippen LogP contribution in [0.3, 0.4) is 0 Å². The van der Waals surface area contributed by atoms with Gasteiger partial charge < -0.3 is 5.32 Å². The molecule has 0 aromatic carbocycles. The van der Waals surface area contributed by atoms with Crippen LogP contribution in [-0.4, -0.2) is 16.3 Å². The summed E-state index contributed by atoms with van der Waals surface area (Å²) in [4.78, 5) is 0. The maximum atomic E-state index is 4.55. The first-order chi connectivity index (χ1) is 9.75. The minimum Gasteiger partial charge on any atom is -0.309 e. The van der Waals surface area contributed by atoms with E-state index in [0.29, 0.717) is 11.5 Å². The van der Waals surface area contributed by atoms with Gasteiger partial charge in [0.25, 0.3) is 0 Å². The Balaban J connectivity index is 2.21. The molecule has 2 rings (SSSR count). The van der Waals surface area contributed by atoms with Gasteiger partial charge in [-0.15, -0.1) is 0 Å². The molecule has 1 heterocycles. The number of nitrogens with zero attached hydrogens (tertiary/aromatic N) is 2. The summed E-state index contributed by atoms with van der Waals surface area (Å²) in [6.45, 7) is 8.95. The Kier molecular flexibility index (Phi) is 5.64. The van der Waals surface area contributed by atoms with Gasteiger partial charge in [0.15, 0.2) is 0 Å². The number of hydrogen-bond donors (Lipinski definition) is 1. The van der Waals surface area contributed by atoms with Gasteiger partial charge in [-0.25, -0.2) is 0 Å². The van der Waals surface area contributed by atoms with Gasteiger partial charge in [0, 0.05) is 24.3 Å². The lowest BCUT2D eigenvalue weighted by atomic mass is 9.74. The Morgan fingerprint density at radius 1 is 1.25 bits per heavy atom. The molecule has 3 heteroatoms. The van der Waals surface area contributed by atoms with Crippen molar-refractivity contribution in [1.82, 2.24) is 15.1 Å². The summed E-state index contributed by atoms with van der Waals surface area (Å²) in [6.07, 6.45) is 13.5. The van der Waals surface area contributed by atoms with E-state index in [-0.39, 0.29) is 0 Å². The van der Waals surface area contributed by atoms with Gasteiger partial charge in [0.2, 0.25) is 0 Å². The highest BCUT2D eigenvalue weighted by Gasteiger charge is 2.40. The molecule has 1 atom stereocenters. The van der Waals surface area contributed by atoms with Gasteiger partial charge in [0.05, 0.1) is 6.20 Å². The lowest BCUT2D eigenvalue weighted by Crippen LogP contribution is -2.36. The fourth-order valence-electron chi connectivity index (χ4n) is 3.78. The molecular weight excluding hydrogens is 246 g/mol. The average molecular weight is 277 g/mol. The van der Waals surface area contributed by atoms with E-state index < -0.39 is 0 Å². The highest BCUT2D eigenvalue weighted by atomic mass is 15.3. The quantitative estimate of drug-likeness (QED) is 0.767. The van der Waals surface area contributed by atoms with Crippen molar-refractivity contribution in [1.29, 1.82) is 0 Å². The van der Waals surface area contributed by atoms with E-state index in [9.17, 15) is 0 Å². The second kappa shape index (κ2) is 7.26. The van der Waals surface area contributed by atoms with Crippen molar-refractivity contribution in [2.45, 2.75) is 78.3 Å². The van der Waals surface area contributed by atoms with Crippen LogP contribution in [0.1, 0.15) is 77.3 Å². The summed E-state index contributed by atoms with van der Waals surface area (Å²) < 4.78 is 2.11. The molecule has 0 spiro atoms. The van der Waals surface area contributed by atoms with Gasteiger partial charge in [-0.3, -0.25) is 4.68 Å². The molecule has 0 amide bonds. The van der Waals surface area contributed by atoms with E-state index in [1.165, 1.54) is 44.1 Å². The molecule has 1 saturated carbocycles. The largest absolute Gasteiger partial charge is 0.309 e. The van der Waals surface area contributed by atoms with E-state index >= 15 is 0 Å². The van der Waals surface area contributed by atoms with Crippen LogP contribution < -0.4 is 5.32 Å². The lowest BCUT2D eigenvalue weighted by molar-refractivity contribution is 0.187. The van der Waals surface area contributed by atoms with E-state index in [2.05, 4.69) is 48.3 Å². The first-order valence-electron chi connectivity index (χ1n) is 8.51. The Morgan fingerprint density at radius 2 is 2.00 bits per heavy atom. The van der Waals surface area contributed by atoms with Crippen molar-refractivity contribution in [3.05, 3.63) is 18.0 Å². The third-order valence-corrected chi connectivity index (χ3v) is 4.95. The molecular formula is C17H31N3. The molecule has 0 saturated heterocycles. The minimum atomic E-state index is 0.454. The summed E-state index contributed by atoms with van der Waals surface area (Å²) in [5, 5.41) is 8.37. The van der Waals surface area contributed by atoms with Gasteiger partial charge in [0.1, 0.15) is 0 Å². The fourth-order valence-corrected chi connectivity index (χ4v) is 3.78. The van der Waals surface area contributed by atoms with Gasteiger partial charge in [-0.2, -0.15) is 5.10 Å². The van der Waals surface area contributed by atoms with E-state index in [1.54, 1.807) is 0 Å². The zero-order valence-electron chi connectivity index (χ0n) is 13.5. The third-order valence-electron chi connectivity index (χ3n) is 4.95. The minimum absolute atomic E-state index is 0.454. The van der Waals surface area contributed by atoms with Crippen LogP contribution in [0.15, 0.2) is 12.4 Å². The van der Waals surface area contributed by atoms with Gasteiger partial charge in [-0.1, -0.05) is 33.6 Å². The molecule has 0 radical (unpaired) electrons. The fraction of sp³-hybridized carbons (Fsp3) is 0.824. The summed E-state index contributed by atoms with van der Waals surface area (Å²) in [5.41, 5.74) is 1.85. The van der Waals surface area contributed by atoms with Gasteiger partial charge in [-0.05, 0) is 44.1 Å². The predicted molar refractivity (Wildman–Crippen MR) is 84.7 cm³/mol. The summed E-state index contributed by atoms with van der Waals surface area (Å²) >= 11 is 0. The Morgan fingerprint density at radius 3 is 2.60 bits per heavy atom. The highest BCUT2D eigenvalue weighted by Crippen LogP contribution is 2.49. The second-order valence-electron chi connectivity index (χ2n) is 6.35. The van der Waals surface area contributed by atoms with E-state index in [0.717, 1.165) is 19.5 Å². The molecule has 1 aromatic heterocycles. The number of aromatic nitrogens is 2. The standard InChI is InChI=1S/C17H31N3/c1-4-11-18-16(17(6-3)9-7-8-10-17)15-13-19-20(14-15)12-5-2/h13-14,16,18H,4-12H2,1-3H3. The van der Waals surface area contributed by atoms with Crippen LogP contribution in [0.5, 0.6) is 0 Å². The van der Waals surface area contributed by atoms with Crippen LogP contribution in [0.25, 0.3) is 0 Å². The highest BCUT2D eigenvalue weighted by molar-refractivity contribution is 5.16. The molecule has 0 aliphatic heterocycles. The van der Waals surface area contributed by atoms with E-state index in [4.69, 9.17) is 0 Å². The lowest BCUT2D eigenvalue weighted by Gasteiger charge is -2.37. The summed E-state index contributed by atoms with van der Waals surface area (Å²) in [6, 6.07) is 0.487. The average Bonchev–Trinajstić information content (AvgIpc) is 3.10. The zero-order valence-corrected chi connectivity index (χ0v) is 13.5. The van der Waals surface area contributed by atoms with Crippen LogP contribution in [0, 0.1) is 5.41 Å². The Hall–Kier alpha value is -0.830. The zero-order chi connectivity index (χ0) is 14.4. The van der Waals surface area contributed by atoms with Crippen molar-refractivity contribution in [2.75, 3.05) is 6.54 Å². The predicted octanol–water partition coefficient (Wildman–Crippen LogP) is 4.30. The third kappa shape index (κ3) is 3.25. The van der Waals surface area contributed by atoms with Crippen LogP contribution in [-0.2, 0) is 6.54 Å². The molecule has 1 aliphatic carbocycles. The summed E-state index contributed by atoms with van der Waals surface area (Å²) in [5.74, 6) is 0. The van der Waals surface area contributed by atoms with Crippen LogP contribution in [0.2, 0.25) is 0 Å². The maximum Gasteiger partial charge on any atom is 0.0537 e. The van der Waals surface area contributed by atoms with Crippen LogP contribution >= 0.6 is 0 Å². The van der Waals surface area contributed by atoms with Crippen molar-refractivity contribution < 1.29 is 0 Å². The molecule has 1 unspecified atom stereocenters. The number of aryl methyl sites for hydroxylation is 1. The van der Waals surface area contributed by atoms with Crippen molar-refractivity contribution >= 4 is 0 Å². The molecule has 1 N–H and O–H groups in total. The van der Waals surface area contributed by atoms with E-state index in [1.807, 2.05) is 0 Å². The SMILES string of the molecule is CCCNC(c1cnn(CCC)c1)C1(CC)CCCC1. The Labute approximate surface area is 124 Å². The number of rotatable bonds is 8. The molecule has 3 nitrogen and oxygen atoms in total. The monoisotopic (exact) mass is 277 g/mol. The van der Waals surface area contributed by atoms with Crippen LogP contribution in [0.4, 0.5) is 0 Å². The van der Waals surface area contributed by atoms with Crippen molar-refractivity contribution in [2.24, 2.45) is 5.41 Å². The molecule has 114 valence electrons. The number of nitrogens with one attached hydrogen (secondary N) is 1. The molecule has 1 fully saturated rings. The van der Waals surface area contributed by atoms with Crippen molar-refractivity contribution in [3.8, 4) is 0 Å². The number of hydrogen-bond acceptors (Lipinski definition) is 2. The summed E-state index contributed by atoms with van der Waals surface area (Å²) in [7, 11) is 0. The Bertz CT molecular complexity index is 391.